The van der Waals surface area contributed by atoms with E-state index in [0.717, 1.165) is 23.5 Å². The van der Waals surface area contributed by atoms with Crippen molar-refractivity contribution in [3.05, 3.63) is 16.1 Å². The highest BCUT2D eigenvalue weighted by atomic mass is 32.1. The molecule has 0 aliphatic rings. The Balaban J connectivity index is 2.87. The van der Waals surface area contributed by atoms with Crippen LogP contribution in [0.15, 0.2) is 5.38 Å². The van der Waals surface area contributed by atoms with Crippen molar-refractivity contribution < 1.29 is 5.11 Å². The third-order valence-electron chi connectivity index (χ3n) is 3.38. The van der Waals surface area contributed by atoms with Crippen LogP contribution in [0.2, 0.25) is 0 Å². The summed E-state index contributed by atoms with van der Waals surface area (Å²) >= 11 is 1.69. The van der Waals surface area contributed by atoms with E-state index in [2.05, 4.69) is 53.8 Å². The fourth-order valence-electron chi connectivity index (χ4n) is 2.77. The summed E-state index contributed by atoms with van der Waals surface area (Å²) in [6, 6.07) is 0. The monoisotopic (exact) mass is 297 g/mol. The lowest BCUT2D eigenvalue weighted by molar-refractivity contribution is 0.000664. The molecule has 1 rings (SSSR count). The van der Waals surface area contributed by atoms with Crippen LogP contribution in [0.25, 0.3) is 0 Å². The molecule has 0 aliphatic heterocycles. The van der Waals surface area contributed by atoms with Crippen molar-refractivity contribution in [2.24, 2.45) is 11.8 Å². The lowest BCUT2D eigenvalue weighted by Crippen LogP contribution is -2.35. The molecule has 3 heteroatoms. The maximum atomic E-state index is 11.0. The number of hydrogen-bond donors (Lipinski definition) is 1. The summed E-state index contributed by atoms with van der Waals surface area (Å²) in [5.74, 6) is 1.00. The predicted octanol–water partition coefficient (Wildman–Crippen LogP) is 4.81. The summed E-state index contributed by atoms with van der Waals surface area (Å²) < 4.78 is 0. The fraction of sp³-hybridized carbons (Fsp3) is 0.824. The van der Waals surface area contributed by atoms with Gasteiger partial charge in [-0.3, -0.25) is 0 Å². The van der Waals surface area contributed by atoms with Gasteiger partial charge < -0.3 is 5.11 Å². The highest BCUT2D eigenvalue weighted by Crippen LogP contribution is 2.31. The minimum Gasteiger partial charge on any atom is -0.389 e. The van der Waals surface area contributed by atoms with Crippen LogP contribution in [0.3, 0.4) is 0 Å². The number of rotatable bonds is 6. The summed E-state index contributed by atoms with van der Waals surface area (Å²) in [7, 11) is 0. The molecule has 0 aliphatic carbocycles. The first-order valence-corrected chi connectivity index (χ1v) is 8.57. The minimum atomic E-state index is -0.616. The lowest BCUT2D eigenvalue weighted by atomic mass is 9.83. The molecule has 1 heterocycles. The van der Waals surface area contributed by atoms with Crippen LogP contribution in [0.1, 0.15) is 72.0 Å². The zero-order valence-electron chi connectivity index (χ0n) is 14.2. The average Bonchev–Trinajstić information content (AvgIpc) is 2.61. The Morgan fingerprint density at radius 3 is 1.95 bits per heavy atom. The molecular formula is C17H31NOS. The highest BCUT2D eigenvalue weighted by Gasteiger charge is 2.31. The summed E-state index contributed by atoms with van der Waals surface area (Å²) in [5, 5.41) is 14.2. The van der Waals surface area contributed by atoms with Gasteiger partial charge in [-0.1, -0.05) is 48.5 Å². The Hall–Kier alpha value is -0.410. The molecule has 0 atom stereocenters. The van der Waals surface area contributed by atoms with Crippen LogP contribution >= 0.6 is 11.3 Å². The number of aliphatic hydroxyl groups is 1. The van der Waals surface area contributed by atoms with Gasteiger partial charge >= 0.3 is 0 Å². The van der Waals surface area contributed by atoms with Gasteiger partial charge in [0.15, 0.2) is 0 Å². The van der Waals surface area contributed by atoms with E-state index >= 15 is 0 Å². The van der Waals surface area contributed by atoms with Crippen molar-refractivity contribution >= 4 is 11.3 Å². The average molecular weight is 298 g/mol. The molecule has 0 amide bonds. The van der Waals surface area contributed by atoms with E-state index in [1.54, 1.807) is 11.3 Å². The summed E-state index contributed by atoms with van der Waals surface area (Å²) in [6.07, 6.45) is 2.37. The SMILES string of the molecule is CC(C)CC(O)(Cc1nc(C(C)(C)C)cs1)CC(C)C. The van der Waals surface area contributed by atoms with Gasteiger partial charge in [0.05, 0.1) is 16.3 Å². The molecule has 0 saturated heterocycles. The molecule has 1 aromatic heterocycles. The molecular weight excluding hydrogens is 266 g/mol. The summed E-state index contributed by atoms with van der Waals surface area (Å²) in [4.78, 5) is 4.74. The van der Waals surface area contributed by atoms with Crippen molar-refractivity contribution in [3.63, 3.8) is 0 Å². The van der Waals surface area contributed by atoms with E-state index in [4.69, 9.17) is 4.98 Å². The van der Waals surface area contributed by atoms with Gasteiger partial charge in [-0.25, -0.2) is 4.98 Å². The van der Waals surface area contributed by atoms with Gasteiger partial charge in [-0.2, -0.15) is 0 Å². The van der Waals surface area contributed by atoms with Crippen molar-refractivity contribution in [2.45, 2.75) is 78.7 Å². The molecule has 0 unspecified atom stereocenters. The van der Waals surface area contributed by atoms with Gasteiger partial charge in [-0.15, -0.1) is 11.3 Å². The molecule has 0 aromatic carbocycles. The van der Waals surface area contributed by atoms with Crippen LogP contribution in [-0.2, 0) is 11.8 Å². The zero-order chi connectivity index (χ0) is 15.6. The quantitative estimate of drug-likeness (QED) is 0.817. The second-order valence-electron chi connectivity index (χ2n) is 7.97. The lowest BCUT2D eigenvalue weighted by Gasteiger charge is -2.31. The van der Waals surface area contributed by atoms with Gasteiger partial charge in [0.2, 0.25) is 0 Å². The second kappa shape index (κ2) is 6.57. The van der Waals surface area contributed by atoms with Crippen LogP contribution in [-0.4, -0.2) is 15.7 Å². The van der Waals surface area contributed by atoms with Crippen LogP contribution in [0.5, 0.6) is 0 Å². The molecule has 0 spiro atoms. The molecule has 2 nitrogen and oxygen atoms in total. The Morgan fingerprint density at radius 1 is 1.10 bits per heavy atom. The molecule has 20 heavy (non-hydrogen) atoms. The van der Waals surface area contributed by atoms with E-state index in [9.17, 15) is 5.11 Å². The normalized spacial score (nSPS) is 13.5. The van der Waals surface area contributed by atoms with Gasteiger partial charge in [0.1, 0.15) is 0 Å². The molecule has 1 N–H and O–H groups in total. The molecule has 1 aromatic rings. The standard InChI is InChI=1S/C17H31NOS/c1-12(2)8-17(19,9-13(3)4)10-15-18-14(11-20-15)16(5,6)7/h11-13,19H,8-10H2,1-7H3. The van der Waals surface area contributed by atoms with E-state index < -0.39 is 5.60 Å². The van der Waals surface area contributed by atoms with Gasteiger partial charge in [0.25, 0.3) is 0 Å². The molecule has 0 saturated carbocycles. The van der Waals surface area contributed by atoms with E-state index in [1.807, 2.05) is 0 Å². The Morgan fingerprint density at radius 2 is 1.60 bits per heavy atom. The molecule has 0 bridgehead atoms. The number of nitrogens with zero attached hydrogens (tertiary/aromatic N) is 1. The van der Waals surface area contributed by atoms with Crippen LogP contribution in [0, 0.1) is 11.8 Å². The van der Waals surface area contributed by atoms with Gasteiger partial charge in [0, 0.05) is 17.2 Å². The van der Waals surface area contributed by atoms with Crippen LogP contribution in [0.4, 0.5) is 0 Å². The molecule has 116 valence electrons. The summed E-state index contributed by atoms with van der Waals surface area (Å²) in [6.45, 7) is 15.2. The number of hydrogen-bond acceptors (Lipinski definition) is 3. The number of thiazole rings is 1. The first kappa shape index (κ1) is 17.6. The molecule has 0 radical (unpaired) electrons. The van der Waals surface area contributed by atoms with E-state index in [1.165, 1.54) is 0 Å². The van der Waals surface area contributed by atoms with Crippen molar-refractivity contribution in [1.82, 2.24) is 4.98 Å². The zero-order valence-corrected chi connectivity index (χ0v) is 15.0. The largest absolute Gasteiger partial charge is 0.389 e. The summed E-state index contributed by atoms with van der Waals surface area (Å²) in [5.41, 5.74) is 0.604. The Labute approximate surface area is 128 Å². The van der Waals surface area contributed by atoms with Crippen LogP contribution < -0.4 is 0 Å². The van der Waals surface area contributed by atoms with Gasteiger partial charge in [-0.05, 0) is 24.7 Å². The minimum absolute atomic E-state index is 0.0863. The molecule has 0 fully saturated rings. The topological polar surface area (TPSA) is 33.1 Å². The smallest absolute Gasteiger partial charge is 0.0957 e. The number of aromatic nitrogens is 1. The van der Waals surface area contributed by atoms with Crippen molar-refractivity contribution in [2.75, 3.05) is 0 Å². The van der Waals surface area contributed by atoms with Crippen molar-refractivity contribution in [1.29, 1.82) is 0 Å². The Kier molecular flexibility index (Phi) is 5.79. The third-order valence-corrected chi connectivity index (χ3v) is 4.23. The first-order valence-electron chi connectivity index (χ1n) is 7.69. The fourth-order valence-corrected chi connectivity index (χ4v) is 3.92. The maximum absolute atomic E-state index is 11.0. The van der Waals surface area contributed by atoms with E-state index in [-0.39, 0.29) is 5.41 Å². The maximum Gasteiger partial charge on any atom is 0.0957 e. The highest BCUT2D eigenvalue weighted by molar-refractivity contribution is 7.09. The predicted molar refractivity (Wildman–Crippen MR) is 88.4 cm³/mol. The van der Waals surface area contributed by atoms with E-state index in [0.29, 0.717) is 18.3 Å². The Bertz CT molecular complexity index is 405. The second-order valence-corrected chi connectivity index (χ2v) is 8.92. The first-order chi connectivity index (χ1) is 9.02. The third kappa shape index (κ3) is 5.53. The van der Waals surface area contributed by atoms with Crippen molar-refractivity contribution in [3.8, 4) is 0 Å².